The highest BCUT2D eigenvalue weighted by molar-refractivity contribution is 5.33. The Hall–Kier alpha value is -1.07. The molecule has 0 amide bonds. The van der Waals surface area contributed by atoms with Gasteiger partial charge in [-0.2, -0.15) is 5.48 Å². The largest absolute Gasteiger partial charge is 0.305 e. The molecule has 1 N–H and O–H groups in total. The molecule has 0 aliphatic carbocycles. The van der Waals surface area contributed by atoms with Gasteiger partial charge >= 0.3 is 0 Å². The highest BCUT2D eigenvalue weighted by Gasteiger charge is 2.16. The van der Waals surface area contributed by atoms with E-state index in [4.69, 9.17) is 0 Å². The molecule has 15 heavy (non-hydrogen) atoms. The number of rotatable bonds is 4. The second-order valence-corrected chi connectivity index (χ2v) is 3.13. The van der Waals surface area contributed by atoms with Crippen LogP contribution in [0.5, 0.6) is 0 Å². The summed E-state index contributed by atoms with van der Waals surface area (Å²) in [5.74, 6) is -0.877. The predicted octanol–water partition coefficient (Wildman–Crippen LogP) is 2.72. The standard InChI is InChI=1S/C10H12F3NO/c1-6-3-7(5-14-15-2)4-8(11)9(6)10(12)13/h3-4,10,14H,5H2,1-2H3. The summed E-state index contributed by atoms with van der Waals surface area (Å²) in [7, 11) is 1.43. The summed E-state index contributed by atoms with van der Waals surface area (Å²) in [6.07, 6.45) is -2.78. The number of hydrogen-bond acceptors (Lipinski definition) is 2. The van der Waals surface area contributed by atoms with Crippen LogP contribution in [0, 0.1) is 12.7 Å². The Kier molecular flexibility index (Phi) is 4.11. The summed E-state index contributed by atoms with van der Waals surface area (Å²) in [4.78, 5) is 4.58. The molecule has 0 aliphatic rings. The van der Waals surface area contributed by atoms with Crippen molar-refractivity contribution in [3.8, 4) is 0 Å². The van der Waals surface area contributed by atoms with E-state index in [9.17, 15) is 13.2 Å². The van der Waals surface area contributed by atoms with E-state index in [1.54, 1.807) is 0 Å². The number of hydroxylamine groups is 1. The van der Waals surface area contributed by atoms with Crippen LogP contribution >= 0.6 is 0 Å². The minimum absolute atomic E-state index is 0.248. The molecule has 1 aromatic carbocycles. The van der Waals surface area contributed by atoms with Gasteiger partial charge in [0.15, 0.2) is 0 Å². The van der Waals surface area contributed by atoms with Crippen LogP contribution in [-0.2, 0) is 11.4 Å². The second-order valence-electron chi connectivity index (χ2n) is 3.13. The molecule has 0 aromatic heterocycles. The van der Waals surface area contributed by atoms with Gasteiger partial charge in [0.25, 0.3) is 6.43 Å². The zero-order valence-corrected chi connectivity index (χ0v) is 8.48. The smallest absolute Gasteiger partial charge is 0.266 e. The molecule has 0 unspecified atom stereocenters. The maximum Gasteiger partial charge on any atom is 0.266 e. The number of benzene rings is 1. The fourth-order valence-electron chi connectivity index (χ4n) is 1.36. The lowest BCUT2D eigenvalue weighted by molar-refractivity contribution is 0.0866. The van der Waals surface area contributed by atoms with Crippen molar-refractivity contribution in [3.05, 3.63) is 34.6 Å². The first-order valence-corrected chi connectivity index (χ1v) is 4.39. The summed E-state index contributed by atoms with van der Waals surface area (Å²) in [6, 6.07) is 2.59. The van der Waals surface area contributed by atoms with Crippen molar-refractivity contribution < 1.29 is 18.0 Å². The van der Waals surface area contributed by atoms with Crippen LogP contribution in [0.15, 0.2) is 12.1 Å². The summed E-state index contributed by atoms with van der Waals surface area (Å²) in [5.41, 5.74) is 2.80. The highest BCUT2D eigenvalue weighted by atomic mass is 19.3. The third-order valence-electron chi connectivity index (χ3n) is 2.04. The Morgan fingerprint density at radius 1 is 1.40 bits per heavy atom. The van der Waals surface area contributed by atoms with Gasteiger partial charge in [0.05, 0.1) is 12.7 Å². The van der Waals surface area contributed by atoms with Gasteiger partial charge in [-0.3, -0.25) is 0 Å². The van der Waals surface area contributed by atoms with E-state index in [-0.39, 0.29) is 12.1 Å². The molecule has 0 radical (unpaired) electrons. The number of nitrogens with one attached hydrogen (secondary N) is 1. The van der Waals surface area contributed by atoms with E-state index in [0.29, 0.717) is 5.56 Å². The zero-order valence-electron chi connectivity index (χ0n) is 8.48. The summed E-state index contributed by atoms with van der Waals surface area (Å²) >= 11 is 0. The van der Waals surface area contributed by atoms with Gasteiger partial charge in [0, 0.05) is 6.54 Å². The van der Waals surface area contributed by atoms with Gasteiger partial charge in [0.2, 0.25) is 0 Å². The summed E-state index contributed by atoms with van der Waals surface area (Å²) in [6.45, 7) is 1.73. The SMILES string of the molecule is CONCc1cc(C)c(C(F)F)c(F)c1. The molecule has 84 valence electrons. The molecule has 0 bridgehead atoms. The Balaban J connectivity index is 2.97. The topological polar surface area (TPSA) is 21.3 Å². The van der Waals surface area contributed by atoms with Crippen LogP contribution in [0.3, 0.4) is 0 Å². The summed E-state index contributed by atoms with van der Waals surface area (Å²) in [5, 5.41) is 0. The average Bonchev–Trinajstić information content (AvgIpc) is 2.12. The Morgan fingerprint density at radius 3 is 2.53 bits per heavy atom. The minimum Gasteiger partial charge on any atom is -0.305 e. The van der Waals surface area contributed by atoms with Crippen LogP contribution in [0.1, 0.15) is 23.1 Å². The van der Waals surface area contributed by atoms with Crippen LogP contribution < -0.4 is 5.48 Å². The van der Waals surface area contributed by atoms with Crippen molar-refractivity contribution in [2.75, 3.05) is 7.11 Å². The van der Waals surface area contributed by atoms with Crippen molar-refractivity contribution >= 4 is 0 Å². The number of hydrogen-bond donors (Lipinski definition) is 1. The first-order valence-electron chi connectivity index (χ1n) is 4.39. The molecule has 5 heteroatoms. The monoisotopic (exact) mass is 219 g/mol. The van der Waals surface area contributed by atoms with Gasteiger partial charge < -0.3 is 4.84 Å². The second kappa shape index (κ2) is 5.14. The predicted molar refractivity (Wildman–Crippen MR) is 49.9 cm³/mol. The third-order valence-corrected chi connectivity index (χ3v) is 2.04. The average molecular weight is 219 g/mol. The van der Waals surface area contributed by atoms with E-state index in [1.165, 1.54) is 20.1 Å². The van der Waals surface area contributed by atoms with Crippen LogP contribution in [0.25, 0.3) is 0 Å². The van der Waals surface area contributed by atoms with Crippen molar-refractivity contribution in [1.29, 1.82) is 0 Å². The molecule has 1 rings (SSSR count). The highest BCUT2D eigenvalue weighted by Crippen LogP contribution is 2.26. The van der Waals surface area contributed by atoms with E-state index in [2.05, 4.69) is 10.3 Å². The molecular formula is C10H12F3NO. The lowest BCUT2D eigenvalue weighted by Gasteiger charge is -2.09. The van der Waals surface area contributed by atoms with Crippen LogP contribution in [0.2, 0.25) is 0 Å². The molecule has 0 aliphatic heterocycles. The number of halogens is 3. The number of aryl methyl sites for hydroxylation is 1. The Bertz CT molecular complexity index is 318. The molecule has 0 fully saturated rings. The molecular weight excluding hydrogens is 207 g/mol. The maximum atomic E-state index is 13.2. The molecule has 0 spiro atoms. The molecule has 0 heterocycles. The van der Waals surface area contributed by atoms with Crippen LogP contribution in [0.4, 0.5) is 13.2 Å². The van der Waals surface area contributed by atoms with Gasteiger partial charge in [-0.1, -0.05) is 6.07 Å². The Labute approximate surface area is 86.0 Å². The van der Waals surface area contributed by atoms with Gasteiger partial charge in [0.1, 0.15) is 5.82 Å². The van der Waals surface area contributed by atoms with Crippen molar-refractivity contribution in [1.82, 2.24) is 5.48 Å². The lowest BCUT2D eigenvalue weighted by Crippen LogP contribution is -2.11. The third kappa shape index (κ3) is 2.94. The van der Waals surface area contributed by atoms with Gasteiger partial charge in [-0.05, 0) is 24.1 Å². The van der Waals surface area contributed by atoms with E-state index in [0.717, 1.165) is 6.07 Å². The van der Waals surface area contributed by atoms with E-state index in [1.807, 2.05) is 0 Å². The fraction of sp³-hybridized carbons (Fsp3) is 0.400. The molecule has 0 atom stereocenters. The molecule has 0 saturated heterocycles. The van der Waals surface area contributed by atoms with Gasteiger partial charge in [-0.15, -0.1) is 0 Å². The normalized spacial score (nSPS) is 11.1. The number of alkyl halides is 2. The minimum atomic E-state index is -2.78. The first-order chi connectivity index (χ1) is 7.06. The summed E-state index contributed by atoms with van der Waals surface area (Å²) < 4.78 is 38.0. The molecule has 2 nitrogen and oxygen atoms in total. The fourth-order valence-corrected chi connectivity index (χ4v) is 1.36. The Morgan fingerprint density at radius 2 is 2.07 bits per heavy atom. The lowest BCUT2D eigenvalue weighted by atomic mass is 10.0. The first kappa shape index (κ1) is 12.0. The van der Waals surface area contributed by atoms with E-state index < -0.39 is 17.8 Å². The van der Waals surface area contributed by atoms with Crippen LogP contribution in [-0.4, -0.2) is 7.11 Å². The van der Waals surface area contributed by atoms with Crippen molar-refractivity contribution in [3.63, 3.8) is 0 Å². The van der Waals surface area contributed by atoms with Crippen molar-refractivity contribution in [2.24, 2.45) is 0 Å². The zero-order chi connectivity index (χ0) is 11.4. The van der Waals surface area contributed by atoms with Gasteiger partial charge in [-0.25, -0.2) is 13.2 Å². The molecule has 1 aromatic rings. The maximum absolute atomic E-state index is 13.2. The quantitative estimate of drug-likeness (QED) is 0.786. The van der Waals surface area contributed by atoms with Crippen molar-refractivity contribution in [2.45, 2.75) is 19.9 Å². The van der Waals surface area contributed by atoms with E-state index >= 15 is 0 Å². The molecule has 0 saturated carbocycles.